The summed E-state index contributed by atoms with van der Waals surface area (Å²) in [6, 6.07) is 8.89. The second-order valence-electron chi connectivity index (χ2n) is 3.32. The van der Waals surface area contributed by atoms with Crippen molar-refractivity contribution < 1.29 is 9.90 Å². The number of hydrogen-bond acceptors (Lipinski definition) is 3. The third-order valence-corrected chi connectivity index (χ3v) is 2.73. The van der Waals surface area contributed by atoms with Gasteiger partial charge in [0.2, 0.25) is 0 Å². The number of carbonyl (C=O) groups is 1. The minimum absolute atomic E-state index is 0.569. The Balaban J connectivity index is 2.61. The maximum Gasteiger partial charge on any atom is 0.328 e. The van der Waals surface area contributed by atoms with Crippen molar-refractivity contribution >= 4 is 23.9 Å². The Labute approximate surface area is 99.6 Å². The molecule has 4 heteroatoms. The monoisotopic (exact) mass is 237 g/mol. The fourth-order valence-corrected chi connectivity index (χ4v) is 1.67. The van der Waals surface area contributed by atoms with Crippen LogP contribution in [0.5, 0.6) is 0 Å². The highest BCUT2D eigenvalue weighted by atomic mass is 32.2. The van der Waals surface area contributed by atoms with Gasteiger partial charge < -0.3 is 5.11 Å². The second kappa shape index (κ2) is 7.06. The molecule has 0 fully saturated rings. The molecule has 0 heterocycles. The first-order valence-electron chi connectivity index (χ1n) is 5.04. The fourth-order valence-electron chi connectivity index (χ4n) is 1.21. The van der Waals surface area contributed by atoms with Gasteiger partial charge in [-0.2, -0.15) is 11.8 Å². The summed E-state index contributed by atoms with van der Waals surface area (Å²) in [4.78, 5) is 15.0. The van der Waals surface area contributed by atoms with E-state index in [0.717, 1.165) is 11.3 Å². The van der Waals surface area contributed by atoms with Gasteiger partial charge in [0.15, 0.2) is 0 Å². The molecule has 86 valence electrons. The number of thioether (sulfide) groups is 1. The average molecular weight is 237 g/mol. The number of aliphatic carboxylic acids is 1. The predicted octanol–water partition coefficient (Wildman–Crippen LogP) is 2.31. The Kier molecular flexibility index (Phi) is 5.64. The molecular formula is C12H15NO2S. The van der Waals surface area contributed by atoms with E-state index in [9.17, 15) is 4.79 Å². The topological polar surface area (TPSA) is 49.7 Å². The van der Waals surface area contributed by atoms with E-state index in [1.807, 2.05) is 36.6 Å². The number of aliphatic imine (C=N–C) groups is 1. The van der Waals surface area contributed by atoms with Gasteiger partial charge in [-0.25, -0.2) is 4.79 Å². The maximum atomic E-state index is 10.9. The van der Waals surface area contributed by atoms with Crippen LogP contribution in [0.1, 0.15) is 12.0 Å². The van der Waals surface area contributed by atoms with Crippen LogP contribution in [0, 0.1) is 0 Å². The number of carboxylic acid groups (broad SMARTS) is 1. The molecule has 0 saturated heterocycles. The smallest absolute Gasteiger partial charge is 0.328 e. The highest BCUT2D eigenvalue weighted by molar-refractivity contribution is 7.98. The number of benzene rings is 1. The van der Waals surface area contributed by atoms with Crippen molar-refractivity contribution in [2.45, 2.75) is 12.5 Å². The maximum absolute atomic E-state index is 10.9. The Hall–Kier alpha value is -1.29. The van der Waals surface area contributed by atoms with Gasteiger partial charge in [0.05, 0.1) is 0 Å². The molecule has 1 aromatic carbocycles. The van der Waals surface area contributed by atoms with Crippen molar-refractivity contribution in [2.24, 2.45) is 4.99 Å². The lowest BCUT2D eigenvalue weighted by atomic mass is 10.2. The van der Waals surface area contributed by atoms with Crippen molar-refractivity contribution in [2.75, 3.05) is 12.0 Å². The fraction of sp³-hybridized carbons (Fsp3) is 0.333. The molecule has 1 atom stereocenters. The van der Waals surface area contributed by atoms with Gasteiger partial charge in [0, 0.05) is 6.21 Å². The number of carboxylic acids is 1. The average Bonchev–Trinajstić information content (AvgIpc) is 2.30. The normalized spacial score (nSPS) is 12.8. The van der Waals surface area contributed by atoms with E-state index in [1.165, 1.54) is 0 Å². The molecule has 16 heavy (non-hydrogen) atoms. The van der Waals surface area contributed by atoms with Crippen LogP contribution in [0.4, 0.5) is 0 Å². The van der Waals surface area contributed by atoms with E-state index < -0.39 is 12.0 Å². The number of nitrogens with zero attached hydrogens (tertiary/aromatic N) is 1. The van der Waals surface area contributed by atoms with Gasteiger partial charge in [-0.1, -0.05) is 30.3 Å². The summed E-state index contributed by atoms with van der Waals surface area (Å²) in [6.45, 7) is 0. The third kappa shape index (κ3) is 4.49. The van der Waals surface area contributed by atoms with Crippen molar-refractivity contribution in [3.05, 3.63) is 35.9 Å². The zero-order valence-electron chi connectivity index (χ0n) is 9.17. The molecule has 0 aliphatic heterocycles. The molecule has 0 amide bonds. The first kappa shape index (κ1) is 12.8. The van der Waals surface area contributed by atoms with Crippen LogP contribution in [0.25, 0.3) is 0 Å². The molecule has 0 spiro atoms. The predicted molar refractivity (Wildman–Crippen MR) is 68.5 cm³/mol. The molecule has 1 rings (SSSR count). The van der Waals surface area contributed by atoms with Gasteiger partial charge in [0.1, 0.15) is 6.04 Å². The first-order valence-corrected chi connectivity index (χ1v) is 6.43. The largest absolute Gasteiger partial charge is 0.480 e. The molecule has 0 bridgehead atoms. The first-order chi connectivity index (χ1) is 7.74. The molecular weight excluding hydrogens is 222 g/mol. The highest BCUT2D eigenvalue weighted by Crippen LogP contribution is 2.05. The van der Waals surface area contributed by atoms with Gasteiger partial charge in [-0.15, -0.1) is 0 Å². The van der Waals surface area contributed by atoms with Gasteiger partial charge in [0.25, 0.3) is 0 Å². The summed E-state index contributed by atoms with van der Waals surface area (Å²) in [5.41, 5.74) is 0.929. The summed E-state index contributed by atoms with van der Waals surface area (Å²) in [6.07, 6.45) is 4.15. The SMILES string of the molecule is CSCCC(N=Cc1ccccc1)C(=O)O. The summed E-state index contributed by atoms with van der Waals surface area (Å²) < 4.78 is 0. The zero-order chi connectivity index (χ0) is 11.8. The summed E-state index contributed by atoms with van der Waals surface area (Å²) in [5, 5.41) is 8.95. The Bertz CT molecular complexity index is 351. The Morgan fingerprint density at radius 2 is 2.19 bits per heavy atom. The lowest BCUT2D eigenvalue weighted by Crippen LogP contribution is -2.18. The van der Waals surface area contributed by atoms with Crippen molar-refractivity contribution in [1.29, 1.82) is 0 Å². The molecule has 3 nitrogen and oxygen atoms in total. The van der Waals surface area contributed by atoms with E-state index in [2.05, 4.69) is 4.99 Å². The molecule has 0 radical (unpaired) electrons. The lowest BCUT2D eigenvalue weighted by molar-refractivity contribution is -0.138. The van der Waals surface area contributed by atoms with Crippen LogP contribution >= 0.6 is 11.8 Å². The molecule has 0 aliphatic carbocycles. The third-order valence-electron chi connectivity index (χ3n) is 2.08. The van der Waals surface area contributed by atoms with Crippen LogP contribution in [0.2, 0.25) is 0 Å². The summed E-state index contributed by atoms with van der Waals surface area (Å²) >= 11 is 1.63. The van der Waals surface area contributed by atoms with Gasteiger partial charge >= 0.3 is 5.97 Å². The van der Waals surface area contributed by atoms with E-state index >= 15 is 0 Å². The Morgan fingerprint density at radius 1 is 1.50 bits per heavy atom. The summed E-state index contributed by atoms with van der Waals surface area (Å²) in [7, 11) is 0. The van der Waals surface area contributed by atoms with Crippen LogP contribution in [-0.4, -0.2) is 35.3 Å². The quantitative estimate of drug-likeness (QED) is 0.772. The van der Waals surface area contributed by atoms with E-state index in [1.54, 1.807) is 18.0 Å². The number of rotatable bonds is 6. The van der Waals surface area contributed by atoms with Crippen LogP contribution in [0.15, 0.2) is 35.3 Å². The van der Waals surface area contributed by atoms with Crippen LogP contribution < -0.4 is 0 Å². The standard InChI is InChI=1S/C12H15NO2S/c1-16-8-7-11(12(14)15)13-9-10-5-3-2-4-6-10/h2-6,9,11H,7-8H2,1H3,(H,14,15). The van der Waals surface area contributed by atoms with Crippen LogP contribution in [-0.2, 0) is 4.79 Å². The van der Waals surface area contributed by atoms with E-state index in [-0.39, 0.29) is 0 Å². The molecule has 1 N–H and O–H groups in total. The molecule has 1 aromatic rings. The zero-order valence-corrected chi connectivity index (χ0v) is 9.98. The van der Waals surface area contributed by atoms with Crippen LogP contribution in [0.3, 0.4) is 0 Å². The molecule has 0 aliphatic rings. The molecule has 0 saturated carbocycles. The van der Waals surface area contributed by atoms with E-state index in [0.29, 0.717) is 6.42 Å². The minimum Gasteiger partial charge on any atom is -0.480 e. The van der Waals surface area contributed by atoms with E-state index in [4.69, 9.17) is 5.11 Å². The number of hydrogen-bond donors (Lipinski definition) is 1. The Morgan fingerprint density at radius 3 is 2.75 bits per heavy atom. The minimum atomic E-state index is -0.860. The van der Waals surface area contributed by atoms with Gasteiger partial charge in [-0.3, -0.25) is 4.99 Å². The molecule has 0 aromatic heterocycles. The lowest BCUT2D eigenvalue weighted by Gasteiger charge is -2.05. The highest BCUT2D eigenvalue weighted by Gasteiger charge is 2.13. The van der Waals surface area contributed by atoms with Gasteiger partial charge in [-0.05, 0) is 24.0 Å². The van der Waals surface area contributed by atoms with Crippen molar-refractivity contribution in [3.8, 4) is 0 Å². The second-order valence-corrected chi connectivity index (χ2v) is 4.31. The summed E-state index contributed by atoms with van der Waals surface area (Å²) in [5.74, 6) is -0.0513. The van der Waals surface area contributed by atoms with Crippen molar-refractivity contribution in [1.82, 2.24) is 0 Å². The molecule has 1 unspecified atom stereocenters. The van der Waals surface area contributed by atoms with Crippen molar-refractivity contribution in [3.63, 3.8) is 0 Å².